The molecule has 0 fully saturated rings. The van der Waals surface area contributed by atoms with Crippen molar-refractivity contribution < 1.29 is 14.5 Å². The van der Waals surface area contributed by atoms with Crippen molar-refractivity contribution in [2.24, 2.45) is 0 Å². The third-order valence-corrected chi connectivity index (χ3v) is 0.699. The number of carbonyl (C=O) groups is 1. The van der Waals surface area contributed by atoms with Crippen LogP contribution in [0, 0.1) is 0 Å². The third-order valence-electron chi connectivity index (χ3n) is 0.573. The number of H-pyrrole nitrogens is 2. The number of ether oxygens (including phenoxy) is 1. The van der Waals surface area contributed by atoms with E-state index in [1.165, 1.54) is 0 Å². The van der Waals surface area contributed by atoms with E-state index in [-0.39, 0.29) is 6.07 Å². The molecule has 0 aliphatic carbocycles. The predicted octanol–water partition coefficient (Wildman–Crippen LogP) is 0.184. The van der Waals surface area contributed by atoms with E-state index in [0.717, 1.165) is 0 Å². The Kier molecular flexibility index (Phi) is 7.15. The normalized spacial score (nSPS) is 7.30. The van der Waals surface area contributed by atoms with Crippen molar-refractivity contribution in [3.63, 3.8) is 0 Å². The summed E-state index contributed by atoms with van der Waals surface area (Å²) < 4.78 is 3.92. The highest BCUT2D eigenvalue weighted by atomic mass is 35.5. The van der Waals surface area contributed by atoms with Crippen molar-refractivity contribution >= 4 is 18.1 Å². The van der Waals surface area contributed by atoms with Gasteiger partial charge in [0.25, 0.3) is 6.47 Å². The van der Waals surface area contributed by atoms with Gasteiger partial charge in [0, 0.05) is 0 Å². The van der Waals surface area contributed by atoms with E-state index in [0.29, 0.717) is 6.47 Å². The standard InChI is InChI=1S/C3H4N2.C2H3ClO2/c1-2-5-3-4-1;3-1-5-2-4/h1-3H,(H,4,5);2H,1H2/p+1. The molecular formula is C5H8ClN2O2+. The first-order chi connectivity index (χ1) is 4.91. The van der Waals surface area contributed by atoms with Crippen LogP contribution in [0.2, 0.25) is 0 Å². The predicted molar refractivity (Wildman–Crippen MR) is 35.2 cm³/mol. The summed E-state index contributed by atoms with van der Waals surface area (Å²) in [5, 5.41) is 0. The minimum Gasteiger partial charge on any atom is -0.452 e. The molecule has 0 spiro atoms. The third kappa shape index (κ3) is 6.97. The van der Waals surface area contributed by atoms with E-state index in [2.05, 4.69) is 14.7 Å². The fraction of sp³-hybridized carbons (Fsp3) is 0.200. The Morgan fingerprint density at radius 3 is 2.70 bits per heavy atom. The molecule has 0 aliphatic rings. The Morgan fingerprint density at radius 2 is 2.60 bits per heavy atom. The molecule has 0 aromatic carbocycles. The number of imidazole rings is 1. The summed E-state index contributed by atoms with van der Waals surface area (Å²) in [6.45, 7) is 0.299. The van der Waals surface area contributed by atoms with E-state index in [1.807, 2.05) is 12.4 Å². The smallest absolute Gasteiger partial charge is 0.294 e. The lowest BCUT2D eigenvalue weighted by Crippen LogP contribution is -1.87. The van der Waals surface area contributed by atoms with Crippen molar-refractivity contribution in [2.75, 3.05) is 6.07 Å². The zero-order valence-electron chi connectivity index (χ0n) is 5.21. The minimum absolute atomic E-state index is 0.0521. The molecule has 0 bridgehead atoms. The molecule has 1 rings (SSSR count). The van der Waals surface area contributed by atoms with Gasteiger partial charge in [-0.05, 0) is 0 Å². The Hall–Kier alpha value is -1.03. The van der Waals surface area contributed by atoms with Gasteiger partial charge in [-0.15, -0.1) is 0 Å². The van der Waals surface area contributed by atoms with Crippen LogP contribution in [0.3, 0.4) is 0 Å². The highest BCUT2D eigenvalue weighted by molar-refractivity contribution is 6.17. The van der Waals surface area contributed by atoms with Gasteiger partial charge in [0.15, 0.2) is 6.07 Å². The molecule has 0 saturated carbocycles. The maximum Gasteiger partial charge on any atom is 0.294 e. The van der Waals surface area contributed by atoms with Crippen LogP contribution in [0.25, 0.3) is 0 Å². The fourth-order valence-electron chi connectivity index (χ4n) is 0.266. The van der Waals surface area contributed by atoms with Crippen molar-refractivity contribution in [3.05, 3.63) is 18.7 Å². The van der Waals surface area contributed by atoms with Crippen molar-refractivity contribution in [1.82, 2.24) is 4.98 Å². The largest absolute Gasteiger partial charge is 0.452 e. The number of nitrogens with one attached hydrogen (secondary N) is 2. The van der Waals surface area contributed by atoms with Crippen LogP contribution in [0.5, 0.6) is 0 Å². The molecule has 2 N–H and O–H groups in total. The summed E-state index contributed by atoms with van der Waals surface area (Å²) in [4.78, 5) is 14.7. The summed E-state index contributed by atoms with van der Waals surface area (Å²) in [7, 11) is 0. The fourth-order valence-corrected chi connectivity index (χ4v) is 0.318. The highest BCUT2D eigenvalue weighted by Crippen LogP contribution is 1.68. The minimum atomic E-state index is -0.0521. The van der Waals surface area contributed by atoms with Crippen LogP contribution in [-0.2, 0) is 9.53 Å². The van der Waals surface area contributed by atoms with Crippen LogP contribution in [-0.4, -0.2) is 17.5 Å². The second-order valence-electron chi connectivity index (χ2n) is 1.18. The Morgan fingerprint density at radius 1 is 1.80 bits per heavy atom. The number of aromatic amines is 2. The molecule has 0 atom stereocenters. The van der Waals surface area contributed by atoms with Gasteiger partial charge < -0.3 is 4.74 Å². The molecule has 5 heteroatoms. The average Bonchev–Trinajstić information content (AvgIpc) is 2.44. The Labute approximate surface area is 63.2 Å². The van der Waals surface area contributed by atoms with E-state index >= 15 is 0 Å². The van der Waals surface area contributed by atoms with Crippen LogP contribution in [0.4, 0.5) is 0 Å². The monoisotopic (exact) mass is 163 g/mol. The number of alkyl halides is 1. The van der Waals surface area contributed by atoms with Crippen molar-refractivity contribution in [1.29, 1.82) is 0 Å². The maximum absolute atomic E-state index is 9.10. The first-order valence-corrected chi connectivity index (χ1v) is 3.05. The Bertz CT molecular complexity index is 126. The van der Waals surface area contributed by atoms with Gasteiger partial charge in [0.2, 0.25) is 6.33 Å². The number of hydrogen-bond donors (Lipinski definition) is 1. The summed E-state index contributed by atoms with van der Waals surface area (Å²) >= 11 is 4.85. The van der Waals surface area contributed by atoms with Gasteiger partial charge >= 0.3 is 0 Å². The van der Waals surface area contributed by atoms with Gasteiger partial charge in [-0.1, -0.05) is 11.6 Å². The van der Waals surface area contributed by atoms with Crippen LogP contribution in [0.1, 0.15) is 0 Å². The van der Waals surface area contributed by atoms with Gasteiger partial charge in [-0.2, -0.15) is 0 Å². The van der Waals surface area contributed by atoms with E-state index in [9.17, 15) is 0 Å². The van der Waals surface area contributed by atoms with Crippen LogP contribution >= 0.6 is 11.6 Å². The van der Waals surface area contributed by atoms with Gasteiger partial charge in [-0.3, -0.25) is 14.8 Å². The number of rotatable bonds is 2. The molecule has 1 aromatic rings. The molecular weight excluding hydrogens is 156 g/mol. The lowest BCUT2D eigenvalue weighted by molar-refractivity contribution is -0.375. The molecule has 1 aromatic heterocycles. The second-order valence-corrected chi connectivity index (χ2v) is 1.40. The van der Waals surface area contributed by atoms with Gasteiger partial charge in [0.05, 0.1) is 0 Å². The molecule has 1 heterocycles. The topological polar surface area (TPSA) is 56.2 Å². The average molecular weight is 164 g/mol. The maximum atomic E-state index is 9.10. The van der Waals surface area contributed by atoms with E-state index in [4.69, 9.17) is 16.4 Å². The summed E-state index contributed by atoms with van der Waals surface area (Å²) in [5.74, 6) is 0. The number of halogens is 1. The van der Waals surface area contributed by atoms with E-state index < -0.39 is 0 Å². The van der Waals surface area contributed by atoms with E-state index in [1.54, 1.807) is 6.33 Å². The SMILES string of the molecule is O=COCCl.c1c[nH+]c[nH]1. The first kappa shape index (κ1) is 8.97. The first-order valence-electron chi connectivity index (χ1n) is 2.52. The number of carbonyl (C=O) groups excluding carboxylic acids is 1. The van der Waals surface area contributed by atoms with Crippen molar-refractivity contribution in [2.45, 2.75) is 0 Å². The van der Waals surface area contributed by atoms with Crippen molar-refractivity contribution in [3.8, 4) is 0 Å². The molecule has 4 nitrogen and oxygen atoms in total. The molecule has 10 heavy (non-hydrogen) atoms. The highest BCUT2D eigenvalue weighted by Gasteiger charge is 1.65. The molecule has 56 valence electrons. The Balaban J connectivity index is 0.000000162. The van der Waals surface area contributed by atoms with Gasteiger partial charge in [0.1, 0.15) is 12.4 Å². The lowest BCUT2D eigenvalue weighted by atomic mass is 11.0. The molecule has 0 aliphatic heterocycles. The zero-order valence-corrected chi connectivity index (χ0v) is 5.97. The quantitative estimate of drug-likeness (QED) is 0.500. The summed E-state index contributed by atoms with van der Waals surface area (Å²) in [6.07, 6.45) is 5.39. The van der Waals surface area contributed by atoms with Gasteiger partial charge in [-0.25, -0.2) is 0 Å². The molecule has 0 radical (unpaired) electrons. The number of hydrogen-bond acceptors (Lipinski definition) is 2. The number of aromatic nitrogens is 2. The summed E-state index contributed by atoms with van der Waals surface area (Å²) in [6, 6.07) is -0.0521. The molecule has 0 saturated heterocycles. The van der Waals surface area contributed by atoms with Crippen LogP contribution in [0.15, 0.2) is 18.7 Å². The van der Waals surface area contributed by atoms with Crippen LogP contribution < -0.4 is 4.98 Å². The second kappa shape index (κ2) is 7.97. The summed E-state index contributed by atoms with van der Waals surface area (Å²) in [5.41, 5.74) is 0. The lowest BCUT2D eigenvalue weighted by Gasteiger charge is -1.77. The zero-order chi connectivity index (χ0) is 7.66. The molecule has 0 amide bonds. The molecule has 0 unspecified atom stereocenters.